The van der Waals surface area contributed by atoms with Crippen LogP contribution in [0.15, 0.2) is 38.6 Å². The molecule has 3 aromatic heterocycles. The maximum atomic E-state index is 5.43. The number of aromatic nitrogens is 4. The highest BCUT2D eigenvalue weighted by Gasteiger charge is 2.10. The van der Waals surface area contributed by atoms with Crippen LogP contribution in [-0.2, 0) is 5.75 Å². The number of hydrogen-bond acceptors (Lipinski definition) is 7. The molecule has 0 spiro atoms. The smallest absolute Gasteiger partial charge is 0.216 e. The van der Waals surface area contributed by atoms with E-state index >= 15 is 0 Å². The zero-order chi connectivity index (χ0) is 12.4. The average Bonchev–Trinajstić information content (AvgIpc) is 3.07. The van der Waals surface area contributed by atoms with Gasteiger partial charge in [0.1, 0.15) is 0 Å². The van der Waals surface area contributed by atoms with Gasteiger partial charge >= 0.3 is 0 Å². The quantitative estimate of drug-likeness (QED) is 0.692. The number of nitrogens with zero attached hydrogens (tertiary/aromatic N) is 3. The summed E-state index contributed by atoms with van der Waals surface area (Å²) in [5.41, 5.74) is 6.21. The van der Waals surface area contributed by atoms with Gasteiger partial charge in [-0.3, -0.25) is 0 Å². The minimum absolute atomic E-state index is 0.300. The second-order valence-electron chi connectivity index (χ2n) is 3.45. The summed E-state index contributed by atoms with van der Waals surface area (Å²) in [4.78, 5) is 3.98. The van der Waals surface area contributed by atoms with Gasteiger partial charge < -0.3 is 14.7 Å². The molecule has 3 heterocycles. The number of furan rings is 1. The molecule has 0 saturated heterocycles. The number of aromatic amines is 1. The van der Waals surface area contributed by atoms with Crippen molar-refractivity contribution in [2.24, 2.45) is 0 Å². The number of thioether (sulfide) groups is 1. The van der Waals surface area contributed by atoms with E-state index in [9.17, 15) is 0 Å². The summed E-state index contributed by atoms with van der Waals surface area (Å²) in [7, 11) is 0. The number of rotatable bonds is 4. The predicted octanol–water partition coefficient (Wildman–Crippen LogP) is 1.93. The Hall–Kier alpha value is -2.22. The van der Waals surface area contributed by atoms with Gasteiger partial charge in [-0.15, -0.1) is 5.10 Å². The monoisotopic (exact) mass is 263 g/mol. The van der Waals surface area contributed by atoms with Gasteiger partial charge in [-0.1, -0.05) is 16.9 Å². The maximum absolute atomic E-state index is 5.43. The van der Waals surface area contributed by atoms with Crippen LogP contribution in [0.1, 0.15) is 5.69 Å². The van der Waals surface area contributed by atoms with Crippen LogP contribution >= 0.6 is 11.8 Å². The topological polar surface area (TPSA) is 107 Å². The fraction of sp³-hybridized carbons (Fsp3) is 0.100. The molecule has 0 amide bonds. The van der Waals surface area contributed by atoms with Crippen molar-refractivity contribution in [3.05, 3.63) is 30.2 Å². The lowest BCUT2D eigenvalue weighted by Crippen LogP contribution is -1.85. The normalized spacial score (nSPS) is 10.9. The van der Waals surface area contributed by atoms with E-state index < -0.39 is 0 Å². The van der Waals surface area contributed by atoms with Crippen molar-refractivity contribution in [2.45, 2.75) is 10.9 Å². The molecule has 0 radical (unpaired) electrons. The summed E-state index contributed by atoms with van der Waals surface area (Å²) in [6.45, 7) is 0. The third-order valence-electron chi connectivity index (χ3n) is 2.15. The lowest BCUT2D eigenvalue weighted by atomic mass is 10.3. The van der Waals surface area contributed by atoms with Crippen molar-refractivity contribution in [1.82, 2.24) is 20.3 Å². The van der Waals surface area contributed by atoms with Crippen molar-refractivity contribution >= 4 is 17.7 Å². The molecular formula is C10H9N5O2S. The van der Waals surface area contributed by atoms with Gasteiger partial charge in [-0.2, -0.15) is 4.98 Å². The fourth-order valence-corrected chi connectivity index (χ4v) is 2.06. The van der Waals surface area contributed by atoms with Crippen molar-refractivity contribution < 1.29 is 8.94 Å². The molecule has 92 valence electrons. The summed E-state index contributed by atoms with van der Waals surface area (Å²) < 4.78 is 10.4. The molecule has 3 N–H and O–H groups in total. The molecule has 0 fully saturated rings. The van der Waals surface area contributed by atoms with Gasteiger partial charge in [-0.25, -0.2) is 5.10 Å². The van der Waals surface area contributed by atoms with Gasteiger partial charge in [0.25, 0.3) is 0 Å². The number of anilines is 1. The summed E-state index contributed by atoms with van der Waals surface area (Å²) in [6, 6.07) is 5.43. The number of nitrogens with two attached hydrogens (primary N) is 1. The van der Waals surface area contributed by atoms with Gasteiger partial charge in [0.15, 0.2) is 5.76 Å². The number of nitrogens with one attached hydrogen (secondary N) is 1. The molecule has 7 nitrogen and oxygen atoms in total. The predicted molar refractivity (Wildman–Crippen MR) is 64.6 cm³/mol. The van der Waals surface area contributed by atoms with Crippen molar-refractivity contribution in [1.29, 1.82) is 0 Å². The van der Waals surface area contributed by atoms with Crippen LogP contribution in [0.25, 0.3) is 11.5 Å². The van der Waals surface area contributed by atoms with Gasteiger partial charge in [-0.05, 0) is 12.1 Å². The van der Waals surface area contributed by atoms with E-state index in [0.717, 1.165) is 5.69 Å². The van der Waals surface area contributed by atoms with E-state index in [0.29, 0.717) is 28.4 Å². The third-order valence-corrected chi connectivity index (χ3v) is 3.04. The van der Waals surface area contributed by atoms with E-state index in [1.165, 1.54) is 11.8 Å². The highest BCUT2D eigenvalue weighted by atomic mass is 32.2. The molecule has 0 bridgehead atoms. The standard InChI is InChI=1S/C10H9N5O2S/c11-9-12-10(14-13-9)18-5-6-4-8(17-15-6)7-2-1-3-16-7/h1-4H,5H2,(H3,11,12,13,14). The zero-order valence-electron chi connectivity index (χ0n) is 9.16. The average molecular weight is 263 g/mol. The maximum Gasteiger partial charge on any atom is 0.216 e. The Morgan fingerprint density at radius 2 is 2.33 bits per heavy atom. The molecule has 0 unspecified atom stereocenters. The Morgan fingerprint density at radius 1 is 1.39 bits per heavy atom. The van der Waals surface area contributed by atoms with E-state index in [4.69, 9.17) is 14.7 Å². The van der Waals surface area contributed by atoms with Crippen LogP contribution in [-0.4, -0.2) is 20.3 Å². The van der Waals surface area contributed by atoms with E-state index in [2.05, 4.69) is 20.3 Å². The van der Waals surface area contributed by atoms with Crippen LogP contribution in [0.2, 0.25) is 0 Å². The molecule has 18 heavy (non-hydrogen) atoms. The second-order valence-corrected chi connectivity index (χ2v) is 4.39. The Morgan fingerprint density at radius 3 is 3.06 bits per heavy atom. The molecule has 0 aromatic carbocycles. The first-order valence-corrected chi connectivity index (χ1v) is 6.10. The minimum atomic E-state index is 0.300. The van der Waals surface area contributed by atoms with E-state index in [1.807, 2.05) is 12.1 Å². The van der Waals surface area contributed by atoms with Crippen LogP contribution < -0.4 is 5.73 Å². The highest BCUT2D eigenvalue weighted by molar-refractivity contribution is 7.98. The zero-order valence-corrected chi connectivity index (χ0v) is 9.98. The molecule has 0 saturated carbocycles. The largest absolute Gasteiger partial charge is 0.461 e. The van der Waals surface area contributed by atoms with Crippen molar-refractivity contribution in [2.75, 3.05) is 5.73 Å². The Balaban J connectivity index is 1.67. The summed E-state index contributed by atoms with van der Waals surface area (Å²) in [5, 5.41) is 11.0. The number of nitrogen functional groups attached to an aromatic ring is 1. The minimum Gasteiger partial charge on any atom is -0.461 e. The highest BCUT2D eigenvalue weighted by Crippen LogP contribution is 2.24. The molecule has 0 aliphatic rings. The van der Waals surface area contributed by atoms with Gasteiger partial charge in [0.2, 0.25) is 16.9 Å². The lowest BCUT2D eigenvalue weighted by molar-refractivity contribution is 0.413. The molecule has 0 aliphatic heterocycles. The number of hydrogen-bond donors (Lipinski definition) is 2. The van der Waals surface area contributed by atoms with Gasteiger partial charge in [0, 0.05) is 11.8 Å². The Bertz CT molecular complexity index is 630. The molecule has 3 rings (SSSR count). The SMILES string of the molecule is Nc1nc(SCc2cc(-c3ccco3)on2)n[nH]1. The Labute approximate surface area is 106 Å². The second kappa shape index (κ2) is 4.57. The summed E-state index contributed by atoms with van der Waals surface area (Å²) in [6.07, 6.45) is 1.59. The van der Waals surface area contributed by atoms with Crippen LogP contribution in [0.5, 0.6) is 0 Å². The third kappa shape index (κ3) is 2.23. The lowest BCUT2D eigenvalue weighted by Gasteiger charge is -1.89. The van der Waals surface area contributed by atoms with E-state index in [1.54, 1.807) is 12.3 Å². The van der Waals surface area contributed by atoms with Crippen molar-refractivity contribution in [3.63, 3.8) is 0 Å². The molecular weight excluding hydrogens is 254 g/mol. The molecule has 0 aliphatic carbocycles. The fourth-order valence-electron chi connectivity index (χ4n) is 1.38. The molecule has 8 heteroatoms. The molecule has 3 aromatic rings. The first kappa shape index (κ1) is 10.9. The van der Waals surface area contributed by atoms with Crippen molar-refractivity contribution in [3.8, 4) is 11.5 Å². The first-order chi connectivity index (χ1) is 8.81. The molecule has 0 atom stereocenters. The van der Waals surface area contributed by atoms with Crippen LogP contribution in [0, 0.1) is 0 Å². The van der Waals surface area contributed by atoms with Crippen LogP contribution in [0.3, 0.4) is 0 Å². The summed E-state index contributed by atoms with van der Waals surface area (Å²) >= 11 is 1.42. The first-order valence-electron chi connectivity index (χ1n) is 5.11. The van der Waals surface area contributed by atoms with E-state index in [-0.39, 0.29) is 0 Å². The Kier molecular flexibility index (Phi) is 2.77. The number of H-pyrrole nitrogens is 1. The van der Waals surface area contributed by atoms with Crippen LogP contribution in [0.4, 0.5) is 5.95 Å². The van der Waals surface area contributed by atoms with Gasteiger partial charge in [0.05, 0.1) is 12.0 Å². The summed E-state index contributed by atoms with van der Waals surface area (Å²) in [5.74, 6) is 2.15.